The SMILES string of the molecule is CNC(=O)C(=O)NCCCc1cc2ccccc2o1. The van der Waals surface area contributed by atoms with Gasteiger partial charge in [-0.25, -0.2) is 0 Å². The summed E-state index contributed by atoms with van der Waals surface area (Å²) in [5, 5.41) is 5.89. The molecule has 0 aliphatic carbocycles. The monoisotopic (exact) mass is 260 g/mol. The molecule has 100 valence electrons. The number of hydrogen-bond acceptors (Lipinski definition) is 3. The van der Waals surface area contributed by atoms with E-state index in [1.54, 1.807) is 0 Å². The fourth-order valence-corrected chi connectivity index (χ4v) is 1.82. The maximum atomic E-state index is 11.2. The smallest absolute Gasteiger partial charge is 0.309 e. The normalized spacial score (nSPS) is 10.4. The number of rotatable bonds is 4. The van der Waals surface area contributed by atoms with Crippen LogP contribution < -0.4 is 10.6 Å². The summed E-state index contributed by atoms with van der Waals surface area (Å²) in [5.41, 5.74) is 0.867. The molecule has 0 unspecified atom stereocenters. The topological polar surface area (TPSA) is 71.3 Å². The first-order valence-corrected chi connectivity index (χ1v) is 6.18. The van der Waals surface area contributed by atoms with Gasteiger partial charge in [-0.2, -0.15) is 0 Å². The quantitative estimate of drug-likeness (QED) is 0.641. The molecule has 0 saturated heterocycles. The summed E-state index contributed by atoms with van der Waals surface area (Å²) in [6.45, 7) is 0.448. The summed E-state index contributed by atoms with van der Waals surface area (Å²) in [4.78, 5) is 22.1. The van der Waals surface area contributed by atoms with E-state index < -0.39 is 11.8 Å². The molecule has 1 aromatic carbocycles. The van der Waals surface area contributed by atoms with Crippen LogP contribution in [0.15, 0.2) is 34.7 Å². The Morgan fingerprint density at radius 2 is 2.00 bits per heavy atom. The van der Waals surface area contributed by atoms with Crippen LogP contribution in [-0.2, 0) is 16.0 Å². The van der Waals surface area contributed by atoms with E-state index in [0.717, 1.165) is 29.6 Å². The maximum absolute atomic E-state index is 11.2. The van der Waals surface area contributed by atoms with Gasteiger partial charge in [0.1, 0.15) is 11.3 Å². The third kappa shape index (κ3) is 3.34. The molecule has 0 bridgehead atoms. The highest BCUT2D eigenvalue weighted by molar-refractivity contribution is 6.34. The number of furan rings is 1. The molecule has 2 rings (SSSR count). The number of carbonyl (C=O) groups is 2. The van der Waals surface area contributed by atoms with Gasteiger partial charge in [-0.05, 0) is 18.6 Å². The zero-order valence-corrected chi connectivity index (χ0v) is 10.7. The van der Waals surface area contributed by atoms with Crippen molar-refractivity contribution in [3.05, 3.63) is 36.1 Å². The minimum absolute atomic E-state index is 0.448. The second-order valence-electron chi connectivity index (χ2n) is 4.19. The molecule has 0 radical (unpaired) electrons. The number of amides is 2. The molecular weight excluding hydrogens is 244 g/mol. The van der Waals surface area contributed by atoms with Crippen molar-refractivity contribution >= 4 is 22.8 Å². The van der Waals surface area contributed by atoms with Crippen LogP contribution in [-0.4, -0.2) is 25.4 Å². The van der Waals surface area contributed by atoms with Crippen molar-refractivity contribution in [2.75, 3.05) is 13.6 Å². The Hall–Kier alpha value is -2.30. The summed E-state index contributed by atoms with van der Waals surface area (Å²) >= 11 is 0. The van der Waals surface area contributed by atoms with Crippen molar-refractivity contribution in [2.24, 2.45) is 0 Å². The molecular formula is C14H16N2O3. The summed E-state index contributed by atoms with van der Waals surface area (Å²) in [6.07, 6.45) is 1.45. The van der Waals surface area contributed by atoms with Crippen molar-refractivity contribution in [1.29, 1.82) is 0 Å². The van der Waals surface area contributed by atoms with Crippen LogP contribution in [0.3, 0.4) is 0 Å². The number of hydrogen-bond donors (Lipinski definition) is 2. The van der Waals surface area contributed by atoms with Crippen LogP contribution in [0.1, 0.15) is 12.2 Å². The van der Waals surface area contributed by atoms with Crippen LogP contribution in [0.2, 0.25) is 0 Å². The van der Waals surface area contributed by atoms with Gasteiger partial charge in [0.25, 0.3) is 0 Å². The minimum Gasteiger partial charge on any atom is -0.461 e. The lowest BCUT2D eigenvalue weighted by atomic mass is 10.2. The van der Waals surface area contributed by atoms with E-state index in [1.165, 1.54) is 7.05 Å². The van der Waals surface area contributed by atoms with Crippen LogP contribution in [0, 0.1) is 0 Å². The molecule has 1 aromatic heterocycles. The Kier molecular flexibility index (Phi) is 4.18. The van der Waals surface area contributed by atoms with Crippen molar-refractivity contribution < 1.29 is 14.0 Å². The van der Waals surface area contributed by atoms with Gasteiger partial charge in [0.2, 0.25) is 0 Å². The second-order valence-corrected chi connectivity index (χ2v) is 4.19. The van der Waals surface area contributed by atoms with E-state index in [0.29, 0.717) is 6.54 Å². The van der Waals surface area contributed by atoms with Crippen LogP contribution in [0.4, 0.5) is 0 Å². The lowest BCUT2D eigenvalue weighted by Gasteiger charge is -2.02. The summed E-state index contributed by atoms with van der Waals surface area (Å²) in [5.74, 6) is -0.341. The summed E-state index contributed by atoms with van der Waals surface area (Å²) in [7, 11) is 1.43. The number of nitrogens with one attached hydrogen (secondary N) is 2. The second kappa shape index (κ2) is 6.04. The first-order valence-electron chi connectivity index (χ1n) is 6.18. The average Bonchev–Trinajstić information content (AvgIpc) is 2.85. The highest BCUT2D eigenvalue weighted by Gasteiger charge is 2.09. The minimum atomic E-state index is -0.622. The molecule has 0 aliphatic rings. The van der Waals surface area contributed by atoms with E-state index in [2.05, 4.69) is 10.6 Å². The van der Waals surface area contributed by atoms with Crippen LogP contribution >= 0.6 is 0 Å². The molecule has 2 N–H and O–H groups in total. The molecule has 0 atom stereocenters. The Bertz CT molecular complexity index is 556. The van der Waals surface area contributed by atoms with E-state index in [9.17, 15) is 9.59 Å². The molecule has 0 aliphatic heterocycles. The first-order chi connectivity index (χ1) is 9.20. The molecule has 2 aromatic rings. The van der Waals surface area contributed by atoms with Crippen molar-refractivity contribution in [1.82, 2.24) is 10.6 Å². The highest BCUT2D eigenvalue weighted by Crippen LogP contribution is 2.19. The van der Waals surface area contributed by atoms with Crippen molar-refractivity contribution in [3.63, 3.8) is 0 Å². The number of benzene rings is 1. The van der Waals surface area contributed by atoms with E-state index in [1.807, 2.05) is 30.3 Å². The lowest BCUT2D eigenvalue weighted by Crippen LogP contribution is -2.38. The Morgan fingerprint density at radius 3 is 2.74 bits per heavy atom. The number of aryl methyl sites for hydroxylation is 1. The molecule has 19 heavy (non-hydrogen) atoms. The van der Waals surface area contributed by atoms with Gasteiger partial charge in [0.15, 0.2) is 0 Å². The first kappa shape index (κ1) is 13.1. The summed E-state index contributed by atoms with van der Waals surface area (Å²) < 4.78 is 5.65. The Balaban J connectivity index is 1.80. The van der Waals surface area contributed by atoms with Gasteiger partial charge >= 0.3 is 11.8 Å². The van der Waals surface area contributed by atoms with Crippen molar-refractivity contribution in [3.8, 4) is 0 Å². The maximum Gasteiger partial charge on any atom is 0.309 e. The zero-order chi connectivity index (χ0) is 13.7. The molecule has 1 heterocycles. The largest absolute Gasteiger partial charge is 0.461 e. The fourth-order valence-electron chi connectivity index (χ4n) is 1.82. The Labute approximate surface area is 111 Å². The average molecular weight is 260 g/mol. The molecule has 0 fully saturated rings. The van der Waals surface area contributed by atoms with Gasteiger partial charge in [-0.3, -0.25) is 9.59 Å². The Morgan fingerprint density at radius 1 is 1.21 bits per heavy atom. The lowest BCUT2D eigenvalue weighted by molar-refractivity contribution is -0.138. The molecule has 5 nitrogen and oxygen atoms in total. The van der Waals surface area contributed by atoms with Gasteiger partial charge in [0, 0.05) is 25.4 Å². The number of para-hydroxylation sites is 1. The van der Waals surface area contributed by atoms with Gasteiger partial charge in [-0.15, -0.1) is 0 Å². The molecule has 0 spiro atoms. The molecule has 0 saturated carbocycles. The van der Waals surface area contributed by atoms with E-state index in [-0.39, 0.29) is 0 Å². The van der Waals surface area contributed by atoms with Gasteiger partial charge in [-0.1, -0.05) is 18.2 Å². The van der Waals surface area contributed by atoms with Crippen molar-refractivity contribution in [2.45, 2.75) is 12.8 Å². The number of fused-ring (bicyclic) bond motifs is 1. The zero-order valence-electron chi connectivity index (χ0n) is 10.7. The number of carbonyl (C=O) groups excluding carboxylic acids is 2. The predicted octanol–water partition coefficient (Wildman–Crippen LogP) is 1.23. The highest BCUT2D eigenvalue weighted by atomic mass is 16.3. The van der Waals surface area contributed by atoms with Crippen LogP contribution in [0.5, 0.6) is 0 Å². The van der Waals surface area contributed by atoms with Crippen LogP contribution in [0.25, 0.3) is 11.0 Å². The van der Waals surface area contributed by atoms with E-state index in [4.69, 9.17) is 4.42 Å². The van der Waals surface area contributed by atoms with Gasteiger partial charge < -0.3 is 15.1 Å². The predicted molar refractivity (Wildman–Crippen MR) is 71.6 cm³/mol. The van der Waals surface area contributed by atoms with Gasteiger partial charge in [0.05, 0.1) is 0 Å². The molecule has 2 amide bonds. The third-order valence-electron chi connectivity index (χ3n) is 2.80. The molecule has 5 heteroatoms. The number of likely N-dealkylation sites (N-methyl/N-ethyl adjacent to an activating group) is 1. The standard InChI is InChI=1S/C14H16N2O3/c1-15-13(17)14(18)16-8-4-6-11-9-10-5-2-3-7-12(10)19-11/h2-3,5,7,9H,4,6,8H2,1H3,(H,15,17)(H,16,18). The van der Waals surface area contributed by atoms with E-state index >= 15 is 0 Å². The summed E-state index contributed by atoms with van der Waals surface area (Å²) in [6, 6.07) is 9.81. The fraction of sp³-hybridized carbons (Fsp3) is 0.286. The third-order valence-corrected chi connectivity index (χ3v) is 2.80.